The van der Waals surface area contributed by atoms with Gasteiger partial charge < -0.3 is 50.8 Å². The van der Waals surface area contributed by atoms with E-state index in [-0.39, 0.29) is 133 Å². The van der Waals surface area contributed by atoms with Gasteiger partial charge in [0, 0.05) is 114 Å². The standard InChI is InChI=1S/C40H49N7O4S2.C37H48N6O4S2.CH4.HI.W/c1-29(2)38-43-34(26-52-38)24-46(3)39(49)45-36(16-18-47-19-17-41-27-47)37(48)22-32(20-30-10-6-4-7-11-30)14-15-33(21-31-12-8-5-9-13-31)44-40(50)51-25-35-23-42-28-53-35;1-26(2)35-40-31(24-48-35)22-43(3)36(45)42-33(16-17-38)34(44)20-29(18-27-10-6-4-7-11-27)14-15-30(19-28-12-8-5-9-13-28)41-37(46)47-23-32-21-39-25-49-32;;;/h4-13,17,19,23,26-29,32-33,36H,14-16,18,20-22,24-25H2,1-3H3,(H,44,50)(H,45,49);4-13,21,24-26,29-30,33H,14-20,22-23,38H2,1-3H3,(H,41,46)(H,42,45);1H4;1H;/t32-,33-,36-;29-,30-,33-;;;/m00.../s1. The summed E-state index contributed by atoms with van der Waals surface area (Å²) in [7, 11) is 3.43. The molecule has 9 rings (SSSR count). The maximum absolute atomic E-state index is 14.2. The number of nitrogens with two attached hydrogens (primary N) is 1. The Morgan fingerprint density at radius 1 is 0.514 bits per heavy atom. The average Bonchev–Trinajstić information content (AvgIpc) is 1.28. The van der Waals surface area contributed by atoms with Crippen molar-refractivity contribution in [3.63, 3.8) is 0 Å². The molecule has 0 spiro atoms. The van der Waals surface area contributed by atoms with Gasteiger partial charge in [0.1, 0.15) is 13.2 Å². The first-order valence-electron chi connectivity index (χ1n) is 34.8. The molecule has 27 heteroatoms. The third-order valence-electron chi connectivity index (χ3n) is 17.2. The number of nitrogens with zero attached hydrogens (tertiary/aromatic N) is 8. The fraction of sp³-hybridized carbons (Fsp3) is 0.423. The second-order valence-electron chi connectivity index (χ2n) is 26.3. The zero-order chi connectivity index (χ0) is 72.4. The van der Waals surface area contributed by atoms with Gasteiger partial charge >= 0.3 is 24.2 Å². The minimum absolute atomic E-state index is 0. The maximum Gasteiger partial charge on any atom is 0.407 e. The molecule has 0 bridgehead atoms. The summed E-state index contributed by atoms with van der Waals surface area (Å²) in [6, 6.07) is 37.8. The van der Waals surface area contributed by atoms with E-state index < -0.39 is 24.3 Å². The molecule has 9 aromatic rings. The van der Waals surface area contributed by atoms with Crippen LogP contribution < -0.4 is 27.0 Å². The van der Waals surface area contributed by atoms with Crippen LogP contribution in [0.4, 0.5) is 19.2 Å². The van der Waals surface area contributed by atoms with E-state index in [1.54, 1.807) is 82.5 Å². The van der Waals surface area contributed by atoms with E-state index >= 15 is 0 Å². The van der Waals surface area contributed by atoms with Crippen LogP contribution >= 0.6 is 69.3 Å². The van der Waals surface area contributed by atoms with Crippen LogP contribution in [0, 0.1) is 11.8 Å². The van der Waals surface area contributed by atoms with Crippen molar-refractivity contribution in [2.24, 2.45) is 17.6 Å². The van der Waals surface area contributed by atoms with Crippen LogP contribution in [0.5, 0.6) is 0 Å². The van der Waals surface area contributed by atoms with Gasteiger partial charge in [0.25, 0.3) is 0 Å². The fourth-order valence-electron chi connectivity index (χ4n) is 11.7. The largest absolute Gasteiger partial charge is 0.444 e. The Balaban J connectivity index is 0.000000368. The van der Waals surface area contributed by atoms with Gasteiger partial charge in [0.15, 0.2) is 11.6 Å². The van der Waals surface area contributed by atoms with Crippen molar-refractivity contribution in [2.75, 3.05) is 20.6 Å². The number of alkyl carbamates (subject to hydrolysis) is 2. The number of nitrogens with one attached hydrogen (secondary N) is 4. The zero-order valence-electron chi connectivity index (χ0n) is 60.0. The van der Waals surface area contributed by atoms with Gasteiger partial charge in [0.05, 0.1) is 73.7 Å². The molecule has 0 fully saturated rings. The molecule has 4 aromatic carbocycles. The summed E-state index contributed by atoms with van der Waals surface area (Å²) in [4.78, 5) is 107. The minimum atomic E-state index is -0.708. The number of thiazole rings is 4. The Bertz CT molecular complexity index is 3900. The van der Waals surface area contributed by atoms with Crippen molar-refractivity contribution in [3.05, 3.63) is 228 Å². The molecule has 0 unspecified atom stereocenters. The van der Waals surface area contributed by atoms with Gasteiger partial charge in [0.2, 0.25) is 0 Å². The number of halogens is 1. The van der Waals surface area contributed by atoms with Crippen LogP contribution in [0.15, 0.2) is 174 Å². The van der Waals surface area contributed by atoms with Gasteiger partial charge in [-0.25, -0.2) is 34.1 Å². The second-order valence-corrected chi connectivity index (χ2v) is 30.0. The topological polar surface area (TPSA) is 271 Å². The molecule has 6 atom stereocenters. The van der Waals surface area contributed by atoms with E-state index in [0.29, 0.717) is 95.7 Å². The molecule has 0 radical (unpaired) electrons. The number of benzene rings is 4. The number of urea groups is 2. The van der Waals surface area contributed by atoms with Crippen LogP contribution in [0.2, 0.25) is 0 Å². The van der Waals surface area contributed by atoms with Crippen LogP contribution in [-0.4, -0.2) is 120 Å². The molecule has 21 nitrogen and oxygen atoms in total. The number of hydrogen-bond acceptors (Lipinski definition) is 18. The Labute approximate surface area is 666 Å². The van der Waals surface area contributed by atoms with Gasteiger partial charge in [-0.15, -0.1) is 69.3 Å². The molecule has 0 aliphatic rings. The Morgan fingerprint density at radius 3 is 1.25 bits per heavy atom. The molecule has 0 aliphatic heterocycles. The first-order valence-corrected chi connectivity index (χ1v) is 38.3. The first-order chi connectivity index (χ1) is 49.4. The second kappa shape index (κ2) is 47.9. The van der Waals surface area contributed by atoms with E-state index in [4.69, 9.17) is 15.2 Å². The third-order valence-corrected chi connectivity index (χ3v) is 21.1. The van der Waals surface area contributed by atoms with Crippen LogP contribution in [0.3, 0.4) is 0 Å². The molecule has 6 N–H and O–H groups in total. The number of ether oxygens (including phenoxy) is 2. The number of aryl methyl sites for hydroxylation is 1. The number of carbonyl (C=O) groups excluding carboxylic acids is 6. The summed E-state index contributed by atoms with van der Waals surface area (Å²) in [5, 5.41) is 18.1. The van der Waals surface area contributed by atoms with Crippen LogP contribution in [0.25, 0.3) is 0 Å². The van der Waals surface area contributed by atoms with Crippen LogP contribution in [-0.2, 0) is 98.7 Å². The number of hydrogen-bond donors (Lipinski definition) is 5. The Morgan fingerprint density at radius 2 is 0.905 bits per heavy atom. The van der Waals surface area contributed by atoms with Crippen molar-refractivity contribution < 1.29 is 59.3 Å². The monoisotopic (exact) mass is 1790 g/mol. The number of amides is 6. The molecular formula is C78H102IN13O8S4W. The summed E-state index contributed by atoms with van der Waals surface area (Å²) in [5.74, 6) is 0.492. The molecular weight excluding hydrogens is 1690 g/mol. The van der Waals surface area contributed by atoms with Gasteiger partial charge in [-0.1, -0.05) is 156 Å². The normalized spacial score (nSPS) is 12.6. The van der Waals surface area contributed by atoms with E-state index in [9.17, 15) is 28.8 Å². The molecule has 0 aliphatic carbocycles. The molecule has 5 aromatic heterocycles. The van der Waals surface area contributed by atoms with E-state index in [0.717, 1.165) is 53.4 Å². The van der Waals surface area contributed by atoms with Crippen molar-refractivity contribution in [2.45, 2.75) is 181 Å². The van der Waals surface area contributed by atoms with Gasteiger partial charge in [-0.2, -0.15) is 0 Å². The maximum atomic E-state index is 14.2. The smallest absolute Gasteiger partial charge is 0.407 e. The summed E-state index contributed by atoms with van der Waals surface area (Å²) in [6.45, 7) is 10.2. The number of aromatic nitrogens is 6. The summed E-state index contributed by atoms with van der Waals surface area (Å²) in [6.07, 6.45) is 14.2. The van der Waals surface area contributed by atoms with Crippen molar-refractivity contribution >= 4 is 105 Å². The van der Waals surface area contributed by atoms with Crippen molar-refractivity contribution in [1.82, 2.24) is 60.6 Å². The molecule has 0 saturated heterocycles. The van der Waals surface area contributed by atoms with Gasteiger partial charge in [-0.3, -0.25) is 19.6 Å². The quantitative estimate of drug-likeness (QED) is 0.0224. The van der Waals surface area contributed by atoms with E-state index in [2.05, 4.69) is 98.1 Å². The number of imidazole rings is 1. The molecule has 0 saturated carbocycles. The first kappa shape index (κ1) is 88.0. The predicted octanol–water partition coefficient (Wildman–Crippen LogP) is 15.6. The number of carbonyl (C=O) groups is 6. The SMILES string of the molecule is C.CC(C)c1nc(CN(C)C(=O)N[C@@H](CCN)C(=O)C[C@@H](CC[C@@H](Cc2ccccc2)NC(=O)OCc2cncs2)Cc2ccccc2)cs1.CC(C)c1nc(CN(C)C(=O)N[C@@H](CCn2ccnc2)C(=O)C[C@@H](CC[C@@H](Cc2ccccc2)NC(=O)OCc2cncs2)Cc2ccccc2)cs1.I.[W]. The molecule has 6 amide bonds. The van der Waals surface area contributed by atoms with Gasteiger partial charge in [-0.05, 0) is 105 Å². The van der Waals surface area contributed by atoms with Crippen molar-refractivity contribution in [1.29, 1.82) is 0 Å². The number of rotatable bonds is 39. The molecule has 564 valence electrons. The fourth-order valence-corrected chi connectivity index (χ4v) is 14.4. The Kier molecular flexibility index (Phi) is 40.1. The molecule has 5 heterocycles. The molecule has 105 heavy (non-hydrogen) atoms. The Hall–Kier alpha value is -7.59. The van der Waals surface area contributed by atoms with E-state index in [1.165, 1.54) is 22.7 Å². The average molecular weight is 1790 g/mol. The predicted molar refractivity (Wildman–Crippen MR) is 426 cm³/mol. The zero-order valence-corrected chi connectivity index (χ0v) is 68.5. The number of Topliss-reactive ketones (excluding diaryl/α,β-unsaturated/α-hetero) is 2. The summed E-state index contributed by atoms with van der Waals surface area (Å²) >= 11 is 6.04. The summed E-state index contributed by atoms with van der Waals surface area (Å²) < 4.78 is 12.9. The van der Waals surface area contributed by atoms with E-state index in [1.807, 2.05) is 119 Å². The minimum Gasteiger partial charge on any atom is -0.444 e. The third kappa shape index (κ3) is 32.2. The summed E-state index contributed by atoms with van der Waals surface area (Å²) in [5.41, 5.74) is 15.4. The van der Waals surface area contributed by atoms with Crippen LogP contribution in [0.1, 0.15) is 152 Å². The number of ketones is 2. The van der Waals surface area contributed by atoms with Crippen molar-refractivity contribution in [3.8, 4) is 0 Å².